The molecule has 6 nitrogen and oxygen atoms in total. The zero-order chi connectivity index (χ0) is 16.9. The van der Waals surface area contributed by atoms with E-state index in [9.17, 15) is 9.59 Å². The highest BCUT2D eigenvalue weighted by Crippen LogP contribution is 2.21. The fraction of sp³-hybridized carbons (Fsp3) is 0.278. The van der Waals surface area contributed by atoms with Crippen LogP contribution in [-0.2, 0) is 6.54 Å². The highest BCUT2D eigenvalue weighted by atomic mass is 16.2. The van der Waals surface area contributed by atoms with Crippen LogP contribution in [0, 0.1) is 6.92 Å². The highest BCUT2D eigenvalue weighted by molar-refractivity contribution is 5.97. The number of carbonyl (C=O) groups excluding carboxylic acids is 2. The second-order valence-electron chi connectivity index (χ2n) is 5.91. The Morgan fingerprint density at radius 2 is 2.04 bits per heavy atom. The van der Waals surface area contributed by atoms with Crippen LogP contribution in [0.2, 0.25) is 0 Å². The van der Waals surface area contributed by atoms with Gasteiger partial charge in [-0.3, -0.25) is 9.78 Å². The van der Waals surface area contributed by atoms with Crippen molar-refractivity contribution in [2.45, 2.75) is 32.4 Å². The van der Waals surface area contributed by atoms with E-state index in [-0.39, 0.29) is 11.9 Å². The summed E-state index contributed by atoms with van der Waals surface area (Å²) in [6.45, 7) is 2.23. The number of anilines is 1. The lowest BCUT2D eigenvalue weighted by atomic mass is 10.1. The standard InChI is InChI=1S/C18H20N4O2/c1-12-5-6-13(17(23)21-14-7-8-14)10-16(12)22-18(24)20-11-15-4-2-3-9-19-15/h2-6,9-10,14H,7-8,11H2,1H3,(H,21,23)(H2,20,22,24). The molecule has 0 aliphatic heterocycles. The molecule has 0 spiro atoms. The molecule has 3 amide bonds. The molecule has 1 aromatic carbocycles. The molecule has 1 aliphatic rings. The van der Waals surface area contributed by atoms with Crippen LogP contribution in [0.25, 0.3) is 0 Å². The van der Waals surface area contributed by atoms with Gasteiger partial charge in [-0.25, -0.2) is 4.79 Å². The number of hydrogen-bond acceptors (Lipinski definition) is 3. The van der Waals surface area contributed by atoms with Gasteiger partial charge in [0.15, 0.2) is 0 Å². The van der Waals surface area contributed by atoms with E-state index in [4.69, 9.17) is 0 Å². The summed E-state index contributed by atoms with van der Waals surface area (Å²) in [6.07, 6.45) is 3.76. The summed E-state index contributed by atoms with van der Waals surface area (Å²) in [5, 5.41) is 8.48. The molecule has 1 saturated carbocycles. The molecular formula is C18H20N4O2. The van der Waals surface area contributed by atoms with Crippen molar-refractivity contribution < 1.29 is 9.59 Å². The Labute approximate surface area is 140 Å². The quantitative estimate of drug-likeness (QED) is 0.790. The largest absolute Gasteiger partial charge is 0.349 e. The van der Waals surface area contributed by atoms with Crippen LogP contribution >= 0.6 is 0 Å². The van der Waals surface area contributed by atoms with E-state index in [1.807, 2.05) is 31.2 Å². The van der Waals surface area contributed by atoms with Crippen LogP contribution in [-0.4, -0.2) is 23.0 Å². The molecule has 3 N–H and O–H groups in total. The monoisotopic (exact) mass is 324 g/mol. The number of aromatic nitrogens is 1. The van der Waals surface area contributed by atoms with Gasteiger partial charge < -0.3 is 16.0 Å². The maximum Gasteiger partial charge on any atom is 0.319 e. The van der Waals surface area contributed by atoms with Gasteiger partial charge in [0.2, 0.25) is 0 Å². The molecule has 124 valence electrons. The van der Waals surface area contributed by atoms with Gasteiger partial charge in [0.25, 0.3) is 5.91 Å². The Balaban J connectivity index is 1.60. The van der Waals surface area contributed by atoms with Crippen molar-refractivity contribution >= 4 is 17.6 Å². The first kappa shape index (κ1) is 16.0. The van der Waals surface area contributed by atoms with E-state index in [1.165, 1.54) is 0 Å². The minimum absolute atomic E-state index is 0.102. The number of benzene rings is 1. The average molecular weight is 324 g/mol. The lowest BCUT2D eigenvalue weighted by Crippen LogP contribution is -2.29. The normalized spacial score (nSPS) is 13.2. The molecule has 0 saturated heterocycles. The first-order valence-electron chi connectivity index (χ1n) is 7.98. The van der Waals surface area contributed by atoms with Crippen molar-refractivity contribution in [3.63, 3.8) is 0 Å². The van der Waals surface area contributed by atoms with Gasteiger partial charge in [-0.1, -0.05) is 12.1 Å². The molecule has 0 atom stereocenters. The van der Waals surface area contributed by atoms with E-state index in [0.29, 0.717) is 23.8 Å². The molecule has 1 aliphatic carbocycles. The third-order valence-corrected chi connectivity index (χ3v) is 3.82. The second-order valence-corrected chi connectivity index (χ2v) is 5.91. The predicted octanol–water partition coefficient (Wildman–Crippen LogP) is 2.60. The van der Waals surface area contributed by atoms with E-state index in [2.05, 4.69) is 20.9 Å². The summed E-state index contributed by atoms with van der Waals surface area (Å²) in [6, 6.07) is 10.8. The van der Waals surface area contributed by atoms with Crippen molar-refractivity contribution in [1.82, 2.24) is 15.6 Å². The fourth-order valence-corrected chi connectivity index (χ4v) is 2.23. The van der Waals surface area contributed by atoms with Crippen LogP contribution in [0.1, 0.15) is 34.5 Å². The van der Waals surface area contributed by atoms with Crippen LogP contribution in [0.3, 0.4) is 0 Å². The molecule has 3 rings (SSSR count). The molecular weight excluding hydrogens is 304 g/mol. The summed E-state index contributed by atoms with van der Waals surface area (Å²) >= 11 is 0. The summed E-state index contributed by atoms with van der Waals surface area (Å²) in [5.41, 5.74) is 2.84. The Kier molecular flexibility index (Phi) is 4.74. The van der Waals surface area contributed by atoms with Gasteiger partial charge in [0.05, 0.1) is 12.2 Å². The van der Waals surface area contributed by atoms with E-state index in [0.717, 1.165) is 24.1 Å². The summed E-state index contributed by atoms with van der Waals surface area (Å²) in [5.74, 6) is -0.102. The third kappa shape index (κ3) is 4.32. The Morgan fingerprint density at radius 3 is 2.75 bits per heavy atom. The van der Waals surface area contributed by atoms with Gasteiger partial charge in [-0.05, 0) is 49.6 Å². The van der Waals surface area contributed by atoms with E-state index >= 15 is 0 Å². The Hall–Kier alpha value is -2.89. The topological polar surface area (TPSA) is 83.1 Å². The van der Waals surface area contributed by atoms with Crippen LogP contribution in [0.15, 0.2) is 42.6 Å². The molecule has 0 unspecified atom stereocenters. The van der Waals surface area contributed by atoms with E-state index in [1.54, 1.807) is 18.3 Å². The number of carbonyl (C=O) groups is 2. The predicted molar refractivity (Wildman–Crippen MR) is 91.8 cm³/mol. The van der Waals surface area contributed by atoms with E-state index < -0.39 is 0 Å². The average Bonchev–Trinajstić information content (AvgIpc) is 3.40. The number of amides is 3. The first-order valence-corrected chi connectivity index (χ1v) is 7.98. The van der Waals surface area contributed by atoms with Gasteiger partial charge in [-0.15, -0.1) is 0 Å². The minimum Gasteiger partial charge on any atom is -0.349 e. The summed E-state index contributed by atoms with van der Waals surface area (Å²) < 4.78 is 0. The molecule has 24 heavy (non-hydrogen) atoms. The molecule has 1 fully saturated rings. The Bertz CT molecular complexity index is 742. The van der Waals surface area contributed by atoms with Crippen molar-refractivity contribution in [1.29, 1.82) is 0 Å². The number of pyridine rings is 1. The molecule has 0 bridgehead atoms. The van der Waals surface area contributed by atoms with Gasteiger partial charge in [-0.2, -0.15) is 0 Å². The molecule has 6 heteroatoms. The van der Waals surface area contributed by atoms with Crippen molar-refractivity contribution in [2.75, 3.05) is 5.32 Å². The number of rotatable bonds is 5. The smallest absolute Gasteiger partial charge is 0.319 e. The van der Waals surface area contributed by atoms with Crippen LogP contribution in [0.4, 0.5) is 10.5 Å². The fourth-order valence-electron chi connectivity index (χ4n) is 2.23. The van der Waals surface area contributed by atoms with Crippen molar-refractivity contribution in [2.24, 2.45) is 0 Å². The number of nitrogens with one attached hydrogen (secondary N) is 3. The SMILES string of the molecule is Cc1ccc(C(=O)NC2CC2)cc1NC(=O)NCc1ccccn1. The minimum atomic E-state index is -0.330. The van der Waals surface area contributed by atoms with Crippen LogP contribution < -0.4 is 16.0 Å². The maximum atomic E-state index is 12.1. The van der Waals surface area contributed by atoms with Gasteiger partial charge in [0.1, 0.15) is 0 Å². The first-order chi connectivity index (χ1) is 11.6. The molecule has 0 radical (unpaired) electrons. The lowest BCUT2D eigenvalue weighted by molar-refractivity contribution is 0.0951. The van der Waals surface area contributed by atoms with Crippen molar-refractivity contribution in [3.8, 4) is 0 Å². The number of hydrogen-bond donors (Lipinski definition) is 3. The number of nitrogens with zero attached hydrogens (tertiary/aromatic N) is 1. The molecule has 1 aromatic heterocycles. The second kappa shape index (κ2) is 7.12. The van der Waals surface area contributed by atoms with Gasteiger partial charge in [0, 0.05) is 23.5 Å². The van der Waals surface area contributed by atoms with Crippen LogP contribution in [0.5, 0.6) is 0 Å². The summed E-state index contributed by atoms with van der Waals surface area (Å²) in [7, 11) is 0. The summed E-state index contributed by atoms with van der Waals surface area (Å²) in [4.78, 5) is 28.3. The molecule has 2 aromatic rings. The lowest BCUT2D eigenvalue weighted by Gasteiger charge is -2.11. The number of aryl methyl sites for hydroxylation is 1. The third-order valence-electron chi connectivity index (χ3n) is 3.82. The van der Waals surface area contributed by atoms with Crippen molar-refractivity contribution in [3.05, 3.63) is 59.4 Å². The number of urea groups is 1. The van der Waals surface area contributed by atoms with Gasteiger partial charge >= 0.3 is 6.03 Å². The molecule has 1 heterocycles. The zero-order valence-corrected chi connectivity index (χ0v) is 13.5. The maximum absolute atomic E-state index is 12.1. The Morgan fingerprint density at radius 1 is 1.21 bits per heavy atom. The zero-order valence-electron chi connectivity index (χ0n) is 13.5. The highest BCUT2D eigenvalue weighted by Gasteiger charge is 2.24.